The van der Waals surface area contributed by atoms with Crippen molar-refractivity contribution in [2.45, 2.75) is 68.8 Å². The maximum absolute atomic E-state index is 12.1. The van der Waals surface area contributed by atoms with E-state index in [1.165, 1.54) is 31.0 Å². The van der Waals surface area contributed by atoms with E-state index in [1.54, 1.807) is 0 Å². The van der Waals surface area contributed by atoms with E-state index in [2.05, 4.69) is 20.5 Å². The lowest BCUT2D eigenvalue weighted by molar-refractivity contribution is -0.121. The number of H-pyrrole nitrogens is 1. The third-order valence-electron chi connectivity index (χ3n) is 3.45. The normalized spacial score (nSPS) is 18.2. The molecule has 0 saturated heterocycles. The van der Waals surface area contributed by atoms with E-state index in [9.17, 15) is 4.79 Å². The predicted molar refractivity (Wildman–Crippen MR) is 76.1 cm³/mol. The molecule has 6 heteroatoms. The van der Waals surface area contributed by atoms with Crippen molar-refractivity contribution in [2.24, 2.45) is 0 Å². The second-order valence-corrected chi connectivity index (χ2v) is 6.33. The van der Waals surface area contributed by atoms with Crippen molar-refractivity contribution in [2.75, 3.05) is 0 Å². The summed E-state index contributed by atoms with van der Waals surface area (Å²) in [7, 11) is 0. The van der Waals surface area contributed by atoms with Gasteiger partial charge in [0, 0.05) is 12.5 Å². The zero-order chi connectivity index (χ0) is 13.7. The van der Waals surface area contributed by atoms with E-state index in [1.807, 2.05) is 13.8 Å². The van der Waals surface area contributed by atoms with Crippen molar-refractivity contribution in [3.05, 3.63) is 5.82 Å². The van der Waals surface area contributed by atoms with Crippen LogP contribution in [-0.4, -0.2) is 32.4 Å². The van der Waals surface area contributed by atoms with Crippen LogP contribution in [-0.2, 0) is 11.2 Å². The Morgan fingerprint density at radius 3 is 2.84 bits per heavy atom. The van der Waals surface area contributed by atoms with E-state index in [0.717, 1.165) is 25.1 Å². The number of thioether (sulfide) groups is 1. The monoisotopic (exact) mass is 282 g/mol. The van der Waals surface area contributed by atoms with Gasteiger partial charge in [0.1, 0.15) is 5.82 Å². The van der Waals surface area contributed by atoms with Crippen LogP contribution >= 0.6 is 11.8 Å². The minimum Gasteiger partial charge on any atom is -0.352 e. The van der Waals surface area contributed by atoms with E-state index in [-0.39, 0.29) is 11.2 Å². The van der Waals surface area contributed by atoms with Crippen LogP contribution in [0.5, 0.6) is 0 Å². The summed E-state index contributed by atoms with van der Waals surface area (Å²) in [4.78, 5) is 16.4. The largest absolute Gasteiger partial charge is 0.352 e. The Hall–Kier alpha value is -1.04. The first kappa shape index (κ1) is 14.4. The van der Waals surface area contributed by atoms with Gasteiger partial charge in [-0.05, 0) is 19.8 Å². The van der Waals surface area contributed by atoms with E-state index in [0.29, 0.717) is 11.2 Å². The quantitative estimate of drug-likeness (QED) is 0.813. The van der Waals surface area contributed by atoms with Crippen molar-refractivity contribution in [1.82, 2.24) is 20.5 Å². The average molecular weight is 282 g/mol. The molecule has 0 aliphatic heterocycles. The Bertz CT molecular complexity index is 415. The van der Waals surface area contributed by atoms with Crippen molar-refractivity contribution in [3.8, 4) is 0 Å². The Kier molecular flexibility index (Phi) is 5.24. The van der Waals surface area contributed by atoms with Gasteiger partial charge in [-0.2, -0.15) is 0 Å². The zero-order valence-corrected chi connectivity index (χ0v) is 12.4. The first-order valence-corrected chi connectivity index (χ1v) is 7.95. The Morgan fingerprint density at radius 1 is 1.47 bits per heavy atom. The molecule has 0 spiro atoms. The smallest absolute Gasteiger partial charge is 0.233 e. The first-order valence-electron chi connectivity index (χ1n) is 7.07. The lowest BCUT2D eigenvalue weighted by atomic mass is 9.95. The zero-order valence-electron chi connectivity index (χ0n) is 11.6. The van der Waals surface area contributed by atoms with E-state index in [4.69, 9.17) is 0 Å². The Labute approximate surface area is 118 Å². The number of aromatic nitrogens is 3. The highest BCUT2D eigenvalue weighted by Crippen LogP contribution is 2.21. The van der Waals surface area contributed by atoms with Gasteiger partial charge < -0.3 is 5.32 Å². The lowest BCUT2D eigenvalue weighted by Crippen LogP contribution is -2.40. The predicted octanol–water partition coefficient (Wildman–Crippen LogP) is 2.30. The number of amides is 1. The maximum Gasteiger partial charge on any atom is 0.233 e. The third kappa shape index (κ3) is 4.23. The van der Waals surface area contributed by atoms with Crippen molar-refractivity contribution in [3.63, 3.8) is 0 Å². The SMILES string of the molecule is CCc1nc(SC(C)C(=O)NC2CCCCC2)n[nH]1. The van der Waals surface area contributed by atoms with Gasteiger partial charge in [0.2, 0.25) is 11.1 Å². The molecule has 0 radical (unpaired) electrons. The molecular formula is C13H22N4OS. The Morgan fingerprint density at radius 2 is 2.21 bits per heavy atom. The molecular weight excluding hydrogens is 260 g/mol. The van der Waals surface area contributed by atoms with Gasteiger partial charge in [0.05, 0.1) is 5.25 Å². The van der Waals surface area contributed by atoms with Crippen LogP contribution in [0.25, 0.3) is 0 Å². The molecule has 5 nitrogen and oxygen atoms in total. The van der Waals surface area contributed by atoms with Gasteiger partial charge in [0.15, 0.2) is 0 Å². The standard InChI is InChI=1S/C13H22N4OS/c1-3-11-15-13(17-16-11)19-9(2)12(18)14-10-7-5-4-6-8-10/h9-10H,3-8H2,1-2H3,(H,14,18)(H,15,16,17). The van der Waals surface area contributed by atoms with Crippen LogP contribution in [0.15, 0.2) is 5.16 Å². The second-order valence-electron chi connectivity index (χ2n) is 5.02. The number of hydrogen-bond acceptors (Lipinski definition) is 4. The molecule has 1 unspecified atom stereocenters. The highest BCUT2D eigenvalue weighted by Gasteiger charge is 2.21. The lowest BCUT2D eigenvalue weighted by Gasteiger charge is -2.24. The maximum atomic E-state index is 12.1. The van der Waals surface area contributed by atoms with Gasteiger partial charge in [-0.15, -0.1) is 5.10 Å². The molecule has 1 saturated carbocycles. The van der Waals surface area contributed by atoms with Gasteiger partial charge >= 0.3 is 0 Å². The summed E-state index contributed by atoms with van der Waals surface area (Å²) in [6.45, 7) is 3.93. The molecule has 2 rings (SSSR count). The van der Waals surface area contributed by atoms with Crippen LogP contribution in [0.2, 0.25) is 0 Å². The van der Waals surface area contributed by atoms with Crippen molar-refractivity contribution >= 4 is 17.7 Å². The molecule has 1 atom stereocenters. The number of nitrogens with one attached hydrogen (secondary N) is 2. The Balaban J connectivity index is 1.81. The van der Waals surface area contributed by atoms with Crippen LogP contribution in [0.4, 0.5) is 0 Å². The molecule has 1 amide bonds. The van der Waals surface area contributed by atoms with E-state index >= 15 is 0 Å². The fraction of sp³-hybridized carbons (Fsp3) is 0.769. The van der Waals surface area contributed by atoms with Gasteiger partial charge in [-0.25, -0.2) is 4.98 Å². The fourth-order valence-corrected chi connectivity index (χ4v) is 3.02. The summed E-state index contributed by atoms with van der Waals surface area (Å²) in [5.41, 5.74) is 0. The summed E-state index contributed by atoms with van der Waals surface area (Å²) in [5.74, 6) is 0.960. The van der Waals surface area contributed by atoms with Crippen molar-refractivity contribution < 1.29 is 4.79 Å². The molecule has 1 fully saturated rings. The van der Waals surface area contributed by atoms with Gasteiger partial charge in [-0.1, -0.05) is 37.9 Å². The number of nitrogens with zero attached hydrogens (tertiary/aromatic N) is 2. The van der Waals surface area contributed by atoms with Gasteiger partial charge in [-0.3, -0.25) is 9.89 Å². The molecule has 106 valence electrons. The van der Waals surface area contributed by atoms with Crippen molar-refractivity contribution in [1.29, 1.82) is 0 Å². The first-order chi connectivity index (χ1) is 9.19. The second kappa shape index (κ2) is 6.93. The minimum atomic E-state index is -0.151. The number of aryl methyl sites for hydroxylation is 1. The molecule has 1 aromatic rings. The highest BCUT2D eigenvalue weighted by molar-refractivity contribution is 8.00. The fourth-order valence-electron chi connectivity index (χ4n) is 2.27. The molecule has 19 heavy (non-hydrogen) atoms. The summed E-state index contributed by atoms with van der Waals surface area (Å²) in [6.07, 6.45) is 6.82. The molecule has 1 aliphatic rings. The number of rotatable bonds is 5. The molecule has 0 bridgehead atoms. The third-order valence-corrected chi connectivity index (χ3v) is 4.41. The summed E-state index contributed by atoms with van der Waals surface area (Å²) < 4.78 is 0. The number of hydrogen-bond donors (Lipinski definition) is 2. The molecule has 2 N–H and O–H groups in total. The van der Waals surface area contributed by atoms with Crippen LogP contribution in [0.1, 0.15) is 51.8 Å². The summed E-state index contributed by atoms with van der Waals surface area (Å²) >= 11 is 1.41. The molecule has 1 aliphatic carbocycles. The topological polar surface area (TPSA) is 70.7 Å². The highest BCUT2D eigenvalue weighted by atomic mass is 32.2. The molecule has 1 aromatic heterocycles. The number of aromatic amines is 1. The molecule has 1 heterocycles. The summed E-state index contributed by atoms with van der Waals surface area (Å²) in [6, 6.07) is 0.364. The molecule has 0 aromatic carbocycles. The average Bonchev–Trinajstić information content (AvgIpc) is 2.87. The minimum absolute atomic E-state index is 0.0970. The van der Waals surface area contributed by atoms with Gasteiger partial charge in [0.25, 0.3) is 0 Å². The van der Waals surface area contributed by atoms with Crippen LogP contribution in [0.3, 0.4) is 0 Å². The van der Waals surface area contributed by atoms with Crippen LogP contribution < -0.4 is 5.32 Å². The number of carbonyl (C=O) groups excluding carboxylic acids is 1. The van der Waals surface area contributed by atoms with Crippen LogP contribution in [0, 0.1) is 0 Å². The van der Waals surface area contributed by atoms with E-state index < -0.39 is 0 Å². The summed E-state index contributed by atoms with van der Waals surface area (Å²) in [5, 5.41) is 10.6. The number of carbonyl (C=O) groups is 1.